The summed E-state index contributed by atoms with van der Waals surface area (Å²) in [6.45, 7) is 14.3. The topological polar surface area (TPSA) is 83.9 Å². The SMILES string of the molecule is C=Cc1ccc(C)cc1C(=NC)N1CCNCC1.CCC.Nc1cc(=O)oc2ccccc12. The maximum atomic E-state index is 10.9. The van der Waals surface area contributed by atoms with E-state index in [0.29, 0.717) is 11.3 Å². The van der Waals surface area contributed by atoms with Gasteiger partial charge in [0.05, 0.1) is 0 Å². The van der Waals surface area contributed by atoms with Crippen LogP contribution in [0.1, 0.15) is 37.0 Å². The van der Waals surface area contributed by atoms with Gasteiger partial charge >= 0.3 is 5.63 Å². The van der Waals surface area contributed by atoms with Gasteiger partial charge in [-0.3, -0.25) is 4.99 Å². The molecule has 0 spiro atoms. The highest BCUT2D eigenvalue weighted by Gasteiger charge is 2.17. The third-order valence-electron chi connectivity index (χ3n) is 4.98. The highest BCUT2D eigenvalue weighted by atomic mass is 16.4. The number of nitrogens with one attached hydrogen (secondary N) is 1. The second kappa shape index (κ2) is 13.2. The van der Waals surface area contributed by atoms with Crippen molar-refractivity contribution in [3.05, 3.63) is 82.2 Å². The van der Waals surface area contributed by atoms with Crippen molar-refractivity contribution < 1.29 is 4.42 Å². The average molecular weight is 449 g/mol. The molecule has 0 radical (unpaired) electrons. The van der Waals surface area contributed by atoms with Crippen LogP contribution in [-0.4, -0.2) is 44.0 Å². The van der Waals surface area contributed by atoms with E-state index in [0.717, 1.165) is 43.0 Å². The quantitative estimate of drug-likeness (QED) is 0.337. The van der Waals surface area contributed by atoms with Crippen molar-refractivity contribution >= 4 is 28.6 Å². The Morgan fingerprint density at radius 2 is 1.85 bits per heavy atom. The summed E-state index contributed by atoms with van der Waals surface area (Å²) >= 11 is 0. The van der Waals surface area contributed by atoms with Gasteiger partial charge in [-0.2, -0.15) is 0 Å². The zero-order chi connectivity index (χ0) is 24.2. The van der Waals surface area contributed by atoms with Gasteiger partial charge in [0, 0.05) is 55.9 Å². The number of para-hydroxylation sites is 1. The van der Waals surface area contributed by atoms with Crippen LogP contribution < -0.4 is 16.7 Å². The molecule has 1 saturated heterocycles. The fraction of sp³-hybridized carbons (Fsp3) is 0.333. The molecular weight excluding hydrogens is 412 g/mol. The van der Waals surface area contributed by atoms with Crippen LogP contribution >= 0.6 is 0 Å². The van der Waals surface area contributed by atoms with Gasteiger partial charge in [0.15, 0.2) is 0 Å². The maximum absolute atomic E-state index is 10.9. The van der Waals surface area contributed by atoms with E-state index in [1.165, 1.54) is 23.6 Å². The average Bonchev–Trinajstić information content (AvgIpc) is 2.81. The van der Waals surface area contributed by atoms with E-state index in [2.05, 4.69) is 60.8 Å². The molecule has 0 bridgehead atoms. The Labute approximate surface area is 196 Å². The molecule has 0 aliphatic carbocycles. The molecule has 0 unspecified atom stereocenters. The van der Waals surface area contributed by atoms with Crippen molar-refractivity contribution in [3.63, 3.8) is 0 Å². The van der Waals surface area contributed by atoms with Crippen LogP contribution in [0.5, 0.6) is 0 Å². The van der Waals surface area contributed by atoms with Gasteiger partial charge in [-0.15, -0.1) is 0 Å². The molecule has 1 aliphatic rings. The second-order valence-corrected chi connectivity index (χ2v) is 7.80. The first-order chi connectivity index (χ1) is 15.9. The van der Waals surface area contributed by atoms with E-state index in [9.17, 15) is 4.79 Å². The van der Waals surface area contributed by atoms with E-state index < -0.39 is 5.63 Å². The number of hydrogen-bond acceptors (Lipinski definition) is 5. The van der Waals surface area contributed by atoms with Crippen LogP contribution in [0.4, 0.5) is 5.69 Å². The third-order valence-corrected chi connectivity index (χ3v) is 4.98. The Balaban J connectivity index is 0.000000221. The fourth-order valence-electron chi connectivity index (χ4n) is 3.49. The molecule has 0 amide bonds. The maximum Gasteiger partial charge on any atom is 0.338 e. The Hall–Kier alpha value is -3.38. The van der Waals surface area contributed by atoms with Gasteiger partial charge in [-0.05, 0) is 30.7 Å². The van der Waals surface area contributed by atoms with Gasteiger partial charge < -0.3 is 20.4 Å². The van der Waals surface area contributed by atoms with Gasteiger partial charge in [-0.25, -0.2) is 4.79 Å². The lowest BCUT2D eigenvalue weighted by Crippen LogP contribution is -2.46. The monoisotopic (exact) mass is 448 g/mol. The molecule has 33 heavy (non-hydrogen) atoms. The first kappa shape index (κ1) is 25.9. The molecule has 1 aromatic heterocycles. The number of benzene rings is 2. The summed E-state index contributed by atoms with van der Waals surface area (Å²) in [4.78, 5) is 17.7. The number of fused-ring (bicyclic) bond motifs is 1. The van der Waals surface area contributed by atoms with E-state index in [1.54, 1.807) is 12.1 Å². The van der Waals surface area contributed by atoms with Gasteiger partial charge in [0.1, 0.15) is 11.4 Å². The summed E-state index contributed by atoms with van der Waals surface area (Å²) in [7, 11) is 1.87. The zero-order valence-corrected chi connectivity index (χ0v) is 20.2. The number of hydrogen-bond donors (Lipinski definition) is 2. The molecule has 2 heterocycles. The molecule has 0 saturated carbocycles. The van der Waals surface area contributed by atoms with Crippen molar-refractivity contribution in [2.75, 3.05) is 39.0 Å². The minimum Gasteiger partial charge on any atom is -0.423 e. The van der Waals surface area contributed by atoms with Crippen molar-refractivity contribution in [2.45, 2.75) is 27.2 Å². The van der Waals surface area contributed by atoms with E-state index in [-0.39, 0.29) is 0 Å². The predicted molar refractivity (Wildman–Crippen MR) is 141 cm³/mol. The first-order valence-electron chi connectivity index (χ1n) is 11.4. The number of amidine groups is 1. The number of aliphatic imine (C=N–C) groups is 1. The summed E-state index contributed by atoms with van der Waals surface area (Å²) in [6.07, 6.45) is 3.15. The van der Waals surface area contributed by atoms with Crippen LogP contribution in [-0.2, 0) is 0 Å². The molecule has 1 aliphatic heterocycles. The minimum absolute atomic E-state index is 0.411. The van der Waals surface area contributed by atoms with Crippen LogP contribution in [0.15, 0.2) is 69.3 Å². The Kier molecular flexibility index (Phi) is 10.4. The largest absolute Gasteiger partial charge is 0.423 e. The molecular formula is C27H36N4O2. The fourth-order valence-corrected chi connectivity index (χ4v) is 3.49. The highest BCUT2D eigenvalue weighted by molar-refractivity contribution is 6.02. The van der Waals surface area contributed by atoms with Crippen LogP contribution in [0.2, 0.25) is 0 Å². The van der Waals surface area contributed by atoms with Gasteiger partial charge in [-0.1, -0.05) is 62.8 Å². The molecule has 4 rings (SSSR count). The molecule has 0 atom stereocenters. The zero-order valence-electron chi connectivity index (χ0n) is 20.2. The smallest absolute Gasteiger partial charge is 0.338 e. The van der Waals surface area contributed by atoms with Crippen LogP contribution in [0.3, 0.4) is 0 Å². The standard InChI is InChI=1S/C15H21N3.C9H7NO2.C3H8/c1-4-13-6-5-12(2)11-14(13)15(16-3)18-9-7-17-8-10-18;10-7-5-9(11)12-8-4-2-1-3-6(7)8;1-3-2/h4-6,11,17H,1,7-10H2,2-3H3;1-5H,10H2;3H2,1-2H3. The molecule has 6 nitrogen and oxygen atoms in total. The van der Waals surface area contributed by atoms with Gasteiger partial charge in [0.25, 0.3) is 0 Å². The van der Waals surface area contributed by atoms with Crippen LogP contribution in [0, 0.1) is 6.92 Å². The molecule has 1 fully saturated rings. The molecule has 3 N–H and O–H groups in total. The number of nitrogens with zero attached hydrogens (tertiary/aromatic N) is 2. The van der Waals surface area contributed by atoms with Crippen molar-refractivity contribution in [1.82, 2.24) is 10.2 Å². The summed E-state index contributed by atoms with van der Waals surface area (Å²) in [5.41, 5.74) is 9.77. The lowest BCUT2D eigenvalue weighted by molar-refractivity contribution is 0.357. The summed E-state index contributed by atoms with van der Waals surface area (Å²) < 4.78 is 4.91. The molecule has 2 aromatic carbocycles. The lowest BCUT2D eigenvalue weighted by atomic mass is 10.0. The number of piperazine rings is 1. The molecule has 176 valence electrons. The van der Waals surface area contributed by atoms with E-state index in [1.807, 2.05) is 25.3 Å². The van der Waals surface area contributed by atoms with E-state index >= 15 is 0 Å². The summed E-state index contributed by atoms with van der Waals surface area (Å²) in [6, 6.07) is 14.9. The lowest BCUT2D eigenvalue weighted by Gasteiger charge is -2.31. The Morgan fingerprint density at radius 1 is 1.18 bits per heavy atom. The number of nitrogen functional groups attached to an aromatic ring is 1. The van der Waals surface area contributed by atoms with Crippen molar-refractivity contribution in [3.8, 4) is 0 Å². The summed E-state index contributed by atoms with van der Waals surface area (Å²) in [5, 5.41) is 4.14. The Bertz CT molecular complexity index is 1130. The first-order valence-corrected chi connectivity index (χ1v) is 11.4. The van der Waals surface area contributed by atoms with Gasteiger partial charge in [0.2, 0.25) is 0 Å². The molecule has 6 heteroatoms. The Morgan fingerprint density at radius 3 is 2.48 bits per heavy atom. The van der Waals surface area contributed by atoms with Crippen molar-refractivity contribution in [2.24, 2.45) is 4.99 Å². The number of anilines is 1. The highest BCUT2D eigenvalue weighted by Crippen LogP contribution is 2.18. The predicted octanol–water partition coefficient (Wildman–Crippen LogP) is 4.71. The van der Waals surface area contributed by atoms with Crippen molar-refractivity contribution in [1.29, 1.82) is 0 Å². The van der Waals surface area contributed by atoms with E-state index in [4.69, 9.17) is 10.2 Å². The minimum atomic E-state index is -0.411. The number of nitrogens with two attached hydrogens (primary N) is 1. The second-order valence-electron chi connectivity index (χ2n) is 7.80. The number of rotatable bonds is 2. The number of aryl methyl sites for hydroxylation is 1. The van der Waals surface area contributed by atoms with Crippen LogP contribution in [0.25, 0.3) is 17.0 Å². The third kappa shape index (κ3) is 7.32. The molecule has 3 aromatic rings. The normalized spacial score (nSPS) is 13.5. The summed E-state index contributed by atoms with van der Waals surface area (Å²) in [5.74, 6) is 1.08.